The van der Waals surface area contributed by atoms with E-state index in [2.05, 4.69) is 42.2 Å². The molecular weight excluding hydrogens is 472 g/mol. The average molecular weight is 501 g/mol. The number of carbonyl (C=O) groups is 1. The number of anilines is 1. The Kier molecular flexibility index (Phi) is 7.00. The number of hydrogen-bond acceptors (Lipinski definition) is 4. The van der Waals surface area contributed by atoms with Gasteiger partial charge in [-0.2, -0.15) is 0 Å². The highest BCUT2D eigenvalue weighted by Gasteiger charge is 2.40. The van der Waals surface area contributed by atoms with Crippen LogP contribution in [0.15, 0.2) is 139 Å². The fraction of sp³-hybridized carbons (Fsp3) is 0.121. The summed E-state index contributed by atoms with van der Waals surface area (Å²) >= 11 is 0. The Morgan fingerprint density at radius 1 is 0.868 bits per heavy atom. The third kappa shape index (κ3) is 5.04. The van der Waals surface area contributed by atoms with Crippen LogP contribution in [-0.4, -0.2) is 10.7 Å². The summed E-state index contributed by atoms with van der Waals surface area (Å²) in [5.74, 6) is -0.0491. The molecule has 0 amide bonds. The minimum absolute atomic E-state index is 0.0279. The Labute approximate surface area is 222 Å². The van der Waals surface area contributed by atoms with E-state index in [0.717, 1.165) is 16.8 Å². The van der Waals surface area contributed by atoms with Gasteiger partial charge in [0.05, 0.1) is 10.5 Å². The van der Waals surface area contributed by atoms with Gasteiger partial charge in [0.25, 0.3) is 5.69 Å². The summed E-state index contributed by atoms with van der Waals surface area (Å²) in [5, 5.41) is 11.3. The molecule has 38 heavy (non-hydrogen) atoms. The fourth-order valence-corrected chi connectivity index (χ4v) is 5.03. The van der Waals surface area contributed by atoms with Gasteiger partial charge in [-0.3, -0.25) is 14.9 Å². The SMILES string of the molecule is C[C@]1(c2ccccc2)C/C(=C\Cc2ccccc2)C(C(=O)c2ccccc2)=CN1c1ccc([N+](=O)[O-])cc1. The van der Waals surface area contributed by atoms with E-state index in [0.29, 0.717) is 24.0 Å². The van der Waals surface area contributed by atoms with Gasteiger partial charge in [-0.05, 0) is 42.2 Å². The van der Waals surface area contributed by atoms with Crippen LogP contribution in [0.3, 0.4) is 0 Å². The number of carbonyl (C=O) groups excluding carboxylic acids is 1. The summed E-state index contributed by atoms with van der Waals surface area (Å²) in [6.07, 6.45) is 5.38. The molecule has 0 N–H and O–H groups in total. The van der Waals surface area contributed by atoms with Gasteiger partial charge in [-0.15, -0.1) is 0 Å². The number of benzene rings is 4. The maximum absolute atomic E-state index is 13.9. The van der Waals surface area contributed by atoms with E-state index in [4.69, 9.17) is 0 Å². The predicted octanol–water partition coefficient (Wildman–Crippen LogP) is 7.66. The van der Waals surface area contributed by atoms with Crippen LogP contribution in [0.25, 0.3) is 0 Å². The van der Waals surface area contributed by atoms with Crippen LogP contribution in [0.2, 0.25) is 0 Å². The van der Waals surface area contributed by atoms with Crippen LogP contribution in [-0.2, 0) is 12.0 Å². The van der Waals surface area contributed by atoms with E-state index in [1.165, 1.54) is 17.7 Å². The molecule has 0 unspecified atom stereocenters. The Hall–Kier alpha value is -4.77. The number of allylic oxidation sites excluding steroid dienone is 2. The zero-order valence-corrected chi connectivity index (χ0v) is 21.2. The Bertz CT molecular complexity index is 1490. The van der Waals surface area contributed by atoms with E-state index in [1.54, 1.807) is 12.1 Å². The zero-order valence-electron chi connectivity index (χ0n) is 21.2. The first-order chi connectivity index (χ1) is 18.5. The lowest BCUT2D eigenvalue weighted by atomic mass is 9.77. The van der Waals surface area contributed by atoms with E-state index in [1.807, 2.05) is 72.9 Å². The van der Waals surface area contributed by atoms with Crippen LogP contribution >= 0.6 is 0 Å². The smallest absolute Gasteiger partial charge is 0.269 e. The number of rotatable bonds is 7. The highest BCUT2D eigenvalue weighted by atomic mass is 16.6. The van der Waals surface area contributed by atoms with Crippen LogP contribution in [0.1, 0.15) is 34.8 Å². The van der Waals surface area contributed by atoms with Gasteiger partial charge in [0.2, 0.25) is 0 Å². The minimum atomic E-state index is -0.527. The molecular formula is C33H28N2O3. The van der Waals surface area contributed by atoms with E-state index in [-0.39, 0.29) is 11.5 Å². The van der Waals surface area contributed by atoms with Crippen molar-refractivity contribution >= 4 is 17.2 Å². The van der Waals surface area contributed by atoms with Gasteiger partial charge in [0.15, 0.2) is 5.78 Å². The summed E-state index contributed by atoms with van der Waals surface area (Å²) in [6, 6.07) is 36.2. The van der Waals surface area contributed by atoms with E-state index < -0.39 is 10.5 Å². The molecule has 4 aromatic rings. The highest BCUT2D eigenvalue weighted by Crippen LogP contribution is 2.45. The largest absolute Gasteiger partial charge is 0.337 e. The Morgan fingerprint density at radius 3 is 2.05 bits per heavy atom. The van der Waals surface area contributed by atoms with Gasteiger partial charge in [-0.1, -0.05) is 97.1 Å². The van der Waals surface area contributed by atoms with Crippen molar-refractivity contribution in [2.24, 2.45) is 0 Å². The third-order valence-electron chi connectivity index (χ3n) is 7.11. The first-order valence-electron chi connectivity index (χ1n) is 12.6. The second-order valence-electron chi connectivity index (χ2n) is 9.62. The molecule has 0 aliphatic carbocycles. The molecule has 1 atom stereocenters. The maximum Gasteiger partial charge on any atom is 0.269 e. The van der Waals surface area contributed by atoms with Crippen LogP contribution < -0.4 is 4.90 Å². The number of Topliss-reactive ketones (excluding diaryl/α,β-unsaturated/α-hetero) is 1. The van der Waals surface area contributed by atoms with E-state index >= 15 is 0 Å². The molecule has 188 valence electrons. The molecule has 0 spiro atoms. The van der Waals surface area contributed by atoms with Crippen molar-refractivity contribution in [1.82, 2.24) is 0 Å². The topological polar surface area (TPSA) is 63.5 Å². The summed E-state index contributed by atoms with van der Waals surface area (Å²) < 4.78 is 0. The first kappa shape index (κ1) is 24.9. The minimum Gasteiger partial charge on any atom is -0.337 e. The molecule has 4 aromatic carbocycles. The van der Waals surface area contributed by atoms with Gasteiger partial charge in [0, 0.05) is 41.6 Å². The predicted molar refractivity (Wildman–Crippen MR) is 151 cm³/mol. The molecule has 0 saturated heterocycles. The van der Waals surface area contributed by atoms with Gasteiger partial charge >= 0.3 is 0 Å². The third-order valence-corrected chi connectivity index (χ3v) is 7.11. The number of nitro benzene ring substituents is 1. The molecule has 0 radical (unpaired) electrons. The standard InChI is InChI=1S/C33H28N2O3/c1-33(28-15-9-4-10-16-28)23-27(18-17-25-11-5-2-6-12-25)31(32(36)26-13-7-3-8-14-26)24-34(33)29-19-21-30(22-20-29)35(37)38/h2-16,18-22,24H,17,23H2,1H3/b27-18+/t33-/m1/s1. The lowest BCUT2D eigenvalue weighted by molar-refractivity contribution is -0.384. The quantitative estimate of drug-likeness (QED) is 0.148. The van der Waals surface area contributed by atoms with Crippen molar-refractivity contribution in [2.45, 2.75) is 25.3 Å². The summed E-state index contributed by atoms with van der Waals surface area (Å²) in [6.45, 7) is 2.15. The van der Waals surface area contributed by atoms with Crippen LogP contribution in [0.5, 0.6) is 0 Å². The average Bonchev–Trinajstić information content (AvgIpc) is 2.97. The summed E-state index contributed by atoms with van der Waals surface area (Å²) in [7, 11) is 0. The second kappa shape index (κ2) is 10.7. The Morgan fingerprint density at radius 2 is 1.45 bits per heavy atom. The summed E-state index contributed by atoms with van der Waals surface area (Å²) in [5.41, 5.74) is 4.77. The molecule has 1 aliphatic heterocycles. The molecule has 0 bridgehead atoms. The van der Waals surface area contributed by atoms with Crippen molar-refractivity contribution in [2.75, 3.05) is 4.90 Å². The van der Waals surface area contributed by atoms with Crippen LogP contribution in [0, 0.1) is 10.1 Å². The highest BCUT2D eigenvalue weighted by molar-refractivity contribution is 6.12. The maximum atomic E-state index is 13.9. The fourth-order valence-electron chi connectivity index (χ4n) is 5.03. The van der Waals surface area contributed by atoms with Crippen molar-refractivity contribution in [1.29, 1.82) is 0 Å². The molecule has 5 rings (SSSR count). The molecule has 5 heteroatoms. The number of non-ortho nitro benzene ring substituents is 1. The molecule has 1 aliphatic rings. The number of hydrogen-bond donors (Lipinski definition) is 0. The number of ketones is 1. The molecule has 0 fully saturated rings. The first-order valence-corrected chi connectivity index (χ1v) is 12.6. The molecule has 0 aromatic heterocycles. The number of nitro groups is 1. The van der Waals surface area contributed by atoms with Gasteiger partial charge in [0.1, 0.15) is 0 Å². The van der Waals surface area contributed by atoms with Gasteiger partial charge in [-0.25, -0.2) is 0 Å². The molecule has 5 nitrogen and oxygen atoms in total. The van der Waals surface area contributed by atoms with Gasteiger partial charge < -0.3 is 4.90 Å². The Balaban J connectivity index is 1.67. The van der Waals surface area contributed by atoms with Crippen molar-refractivity contribution in [3.8, 4) is 0 Å². The van der Waals surface area contributed by atoms with Crippen LogP contribution in [0.4, 0.5) is 11.4 Å². The zero-order chi connectivity index (χ0) is 26.5. The monoisotopic (exact) mass is 500 g/mol. The second-order valence-corrected chi connectivity index (χ2v) is 9.62. The number of nitrogens with zero attached hydrogens (tertiary/aromatic N) is 2. The molecule has 0 saturated carbocycles. The lowest BCUT2D eigenvalue weighted by Gasteiger charge is -2.46. The normalized spacial score (nSPS) is 18.2. The van der Waals surface area contributed by atoms with Crippen molar-refractivity contribution < 1.29 is 9.72 Å². The summed E-state index contributed by atoms with van der Waals surface area (Å²) in [4.78, 5) is 26.8. The molecule has 1 heterocycles. The lowest BCUT2D eigenvalue weighted by Crippen LogP contribution is -2.44. The van der Waals surface area contributed by atoms with Crippen molar-refractivity contribution in [3.63, 3.8) is 0 Å². The van der Waals surface area contributed by atoms with E-state index in [9.17, 15) is 14.9 Å². The van der Waals surface area contributed by atoms with Crippen molar-refractivity contribution in [3.05, 3.63) is 165 Å².